The van der Waals surface area contributed by atoms with Crippen molar-refractivity contribution in [3.05, 3.63) is 24.0 Å². The lowest BCUT2D eigenvalue weighted by molar-refractivity contribution is -0.118. The SMILES string of the molecule is NC(=O)CCC1CN(c2cccc(F)c2N2CCOCC2)C(=O)O1. The Morgan fingerprint density at radius 2 is 2.08 bits per heavy atom. The number of halogens is 1. The lowest BCUT2D eigenvalue weighted by Gasteiger charge is -2.32. The molecule has 0 radical (unpaired) electrons. The molecule has 0 saturated carbocycles. The Labute approximate surface area is 139 Å². The minimum atomic E-state index is -0.537. The minimum Gasteiger partial charge on any atom is -0.444 e. The Balaban J connectivity index is 1.82. The summed E-state index contributed by atoms with van der Waals surface area (Å²) in [6.45, 7) is 2.41. The van der Waals surface area contributed by atoms with Gasteiger partial charge in [0.15, 0.2) is 0 Å². The first-order valence-corrected chi connectivity index (χ1v) is 7.94. The fourth-order valence-corrected chi connectivity index (χ4v) is 2.99. The van der Waals surface area contributed by atoms with Gasteiger partial charge in [-0.15, -0.1) is 0 Å². The van der Waals surface area contributed by atoms with Crippen molar-refractivity contribution in [2.75, 3.05) is 42.6 Å². The van der Waals surface area contributed by atoms with Gasteiger partial charge in [0.2, 0.25) is 5.91 Å². The molecule has 2 heterocycles. The van der Waals surface area contributed by atoms with Crippen LogP contribution in [0.3, 0.4) is 0 Å². The van der Waals surface area contributed by atoms with Crippen LogP contribution in [0.5, 0.6) is 0 Å². The molecule has 8 heteroatoms. The number of para-hydroxylation sites is 1. The molecule has 2 aliphatic heterocycles. The highest BCUT2D eigenvalue weighted by molar-refractivity contribution is 5.94. The van der Waals surface area contributed by atoms with Crippen LogP contribution in [0.2, 0.25) is 0 Å². The highest BCUT2D eigenvalue weighted by atomic mass is 19.1. The molecule has 2 aliphatic rings. The van der Waals surface area contributed by atoms with E-state index < -0.39 is 18.1 Å². The molecule has 1 aromatic rings. The monoisotopic (exact) mass is 337 g/mol. The van der Waals surface area contributed by atoms with E-state index in [9.17, 15) is 14.0 Å². The first-order valence-electron chi connectivity index (χ1n) is 7.94. The maximum absolute atomic E-state index is 14.4. The van der Waals surface area contributed by atoms with Crippen LogP contribution < -0.4 is 15.5 Å². The standard InChI is InChI=1S/C16H20FN3O4/c17-12-2-1-3-13(15(12)19-6-8-23-9-7-19)20-10-11(24-16(20)22)4-5-14(18)21/h1-3,11H,4-10H2,(H2,18,21). The molecule has 2 N–H and O–H groups in total. The summed E-state index contributed by atoms with van der Waals surface area (Å²) < 4.78 is 25.0. The number of nitrogens with zero attached hydrogens (tertiary/aromatic N) is 2. The molecular formula is C16H20FN3O4. The van der Waals surface area contributed by atoms with Crippen molar-refractivity contribution in [3.63, 3.8) is 0 Å². The molecule has 2 amide bonds. The Morgan fingerprint density at radius 3 is 2.79 bits per heavy atom. The smallest absolute Gasteiger partial charge is 0.414 e. The van der Waals surface area contributed by atoms with E-state index in [1.165, 1.54) is 11.0 Å². The van der Waals surface area contributed by atoms with Gasteiger partial charge in [-0.1, -0.05) is 6.07 Å². The van der Waals surface area contributed by atoms with E-state index in [0.717, 1.165) is 0 Å². The molecule has 3 rings (SSSR count). The highest BCUT2D eigenvalue weighted by Crippen LogP contribution is 2.35. The zero-order valence-corrected chi connectivity index (χ0v) is 13.2. The quantitative estimate of drug-likeness (QED) is 0.874. The van der Waals surface area contributed by atoms with Crippen LogP contribution in [-0.4, -0.2) is 51.0 Å². The van der Waals surface area contributed by atoms with Gasteiger partial charge in [0.05, 0.1) is 31.1 Å². The molecule has 0 aliphatic carbocycles. The number of benzene rings is 1. The van der Waals surface area contributed by atoms with Gasteiger partial charge in [0.25, 0.3) is 0 Å². The summed E-state index contributed by atoms with van der Waals surface area (Å²) in [4.78, 5) is 26.4. The molecule has 0 spiro atoms. The average molecular weight is 337 g/mol. The summed E-state index contributed by atoms with van der Waals surface area (Å²) in [7, 11) is 0. The topological polar surface area (TPSA) is 85.1 Å². The lowest BCUT2D eigenvalue weighted by atomic mass is 10.1. The Kier molecular flexibility index (Phi) is 4.84. The number of rotatable bonds is 5. The van der Waals surface area contributed by atoms with Crippen LogP contribution in [0.25, 0.3) is 0 Å². The van der Waals surface area contributed by atoms with Crippen molar-refractivity contribution in [1.29, 1.82) is 0 Å². The maximum atomic E-state index is 14.4. The van der Waals surface area contributed by atoms with E-state index in [1.807, 2.05) is 4.90 Å². The number of anilines is 2. The van der Waals surface area contributed by atoms with Crippen LogP contribution in [0.1, 0.15) is 12.8 Å². The van der Waals surface area contributed by atoms with Crippen molar-refractivity contribution in [2.24, 2.45) is 5.73 Å². The Morgan fingerprint density at radius 1 is 1.33 bits per heavy atom. The lowest BCUT2D eigenvalue weighted by Crippen LogP contribution is -2.38. The summed E-state index contributed by atoms with van der Waals surface area (Å²) in [5.41, 5.74) is 5.99. The first-order chi connectivity index (χ1) is 11.6. The largest absolute Gasteiger partial charge is 0.444 e. The predicted octanol–water partition coefficient (Wildman–Crippen LogP) is 1.25. The van der Waals surface area contributed by atoms with Crippen molar-refractivity contribution in [3.8, 4) is 0 Å². The summed E-state index contributed by atoms with van der Waals surface area (Å²) in [5, 5.41) is 0. The molecule has 7 nitrogen and oxygen atoms in total. The summed E-state index contributed by atoms with van der Waals surface area (Å²) in [6, 6.07) is 4.64. The number of primary amides is 1. The highest BCUT2D eigenvalue weighted by Gasteiger charge is 2.35. The van der Waals surface area contributed by atoms with Gasteiger partial charge in [-0.2, -0.15) is 0 Å². The molecule has 1 atom stereocenters. The van der Waals surface area contributed by atoms with Gasteiger partial charge in [-0.25, -0.2) is 9.18 Å². The first kappa shape index (κ1) is 16.5. The van der Waals surface area contributed by atoms with Gasteiger partial charge in [-0.05, 0) is 18.6 Å². The molecular weight excluding hydrogens is 317 g/mol. The maximum Gasteiger partial charge on any atom is 0.414 e. The molecule has 2 saturated heterocycles. The molecule has 2 fully saturated rings. The van der Waals surface area contributed by atoms with E-state index in [1.54, 1.807) is 12.1 Å². The number of ether oxygens (including phenoxy) is 2. The zero-order chi connectivity index (χ0) is 17.1. The summed E-state index contributed by atoms with van der Waals surface area (Å²) in [5.74, 6) is -0.827. The van der Waals surface area contributed by atoms with Gasteiger partial charge in [0, 0.05) is 19.5 Å². The summed E-state index contributed by atoms with van der Waals surface area (Å²) in [6.07, 6.45) is -0.458. The number of hydrogen-bond acceptors (Lipinski definition) is 5. The van der Waals surface area contributed by atoms with Crippen LogP contribution in [0.15, 0.2) is 18.2 Å². The van der Waals surface area contributed by atoms with Gasteiger partial charge in [0.1, 0.15) is 11.9 Å². The number of cyclic esters (lactones) is 1. The van der Waals surface area contributed by atoms with Crippen LogP contribution in [0, 0.1) is 5.82 Å². The third-order valence-electron chi connectivity index (χ3n) is 4.17. The molecule has 130 valence electrons. The van der Waals surface area contributed by atoms with E-state index in [-0.39, 0.29) is 18.8 Å². The van der Waals surface area contributed by atoms with Gasteiger partial charge < -0.3 is 20.1 Å². The molecule has 0 bridgehead atoms. The number of amides is 2. The minimum absolute atomic E-state index is 0.144. The second kappa shape index (κ2) is 7.04. The number of morpholine rings is 1. The second-order valence-corrected chi connectivity index (χ2v) is 5.83. The third kappa shape index (κ3) is 3.43. The predicted molar refractivity (Wildman–Crippen MR) is 85.5 cm³/mol. The van der Waals surface area contributed by atoms with Crippen LogP contribution in [0.4, 0.5) is 20.6 Å². The molecule has 24 heavy (non-hydrogen) atoms. The van der Waals surface area contributed by atoms with Crippen molar-refractivity contribution in [1.82, 2.24) is 0 Å². The zero-order valence-electron chi connectivity index (χ0n) is 13.2. The normalized spacial score (nSPS) is 21.0. The van der Waals surface area contributed by atoms with E-state index in [2.05, 4.69) is 0 Å². The molecule has 1 aromatic carbocycles. The fourth-order valence-electron chi connectivity index (χ4n) is 2.99. The van der Waals surface area contributed by atoms with Crippen LogP contribution >= 0.6 is 0 Å². The average Bonchev–Trinajstić information content (AvgIpc) is 2.94. The van der Waals surface area contributed by atoms with Crippen molar-refractivity contribution in [2.45, 2.75) is 18.9 Å². The van der Waals surface area contributed by atoms with Crippen molar-refractivity contribution >= 4 is 23.4 Å². The van der Waals surface area contributed by atoms with Crippen molar-refractivity contribution < 1.29 is 23.5 Å². The number of hydrogen-bond donors (Lipinski definition) is 1. The summed E-state index contributed by atoms with van der Waals surface area (Å²) >= 11 is 0. The van der Waals surface area contributed by atoms with Gasteiger partial charge >= 0.3 is 6.09 Å². The number of carbonyl (C=O) groups excluding carboxylic acids is 2. The van der Waals surface area contributed by atoms with E-state index in [0.29, 0.717) is 44.1 Å². The second-order valence-electron chi connectivity index (χ2n) is 5.83. The van der Waals surface area contributed by atoms with Gasteiger partial charge in [-0.3, -0.25) is 9.69 Å². The number of carbonyl (C=O) groups is 2. The molecule has 1 unspecified atom stereocenters. The van der Waals surface area contributed by atoms with E-state index in [4.69, 9.17) is 15.2 Å². The Bertz CT molecular complexity index is 634. The van der Waals surface area contributed by atoms with Crippen LogP contribution in [-0.2, 0) is 14.3 Å². The molecule has 0 aromatic heterocycles. The Hall–Kier alpha value is -2.35. The number of nitrogens with two attached hydrogens (primary N) is 1. The third-order valence-corrected chi connectivity index (χ3v) is 4.17. The van der Waals surface area contributed by atoms with E-state index >= 15 is 0 Å². The fraction of sp³-hybridized carbons (Fsp3) is 0.500.